The van der Waals surface area contributed by atoms with Crippen LogP contribution in [-0.2, 0) is 6.18 Å². The van der Waals surface area contributed by atoms with Gasteiger partial charge in [0, 0.05) is 31.9 Å². The maximum Gasteiger partial charge on any atom is 0.418 e. The molecular weight excluding hydrogens is 361 g/mol. The van der Waals surface area contributed by atoms with Gasteiger partial charge in [0.25, 0.3) is 0 Å². The molecule has 6 nitrogen and oxygen atoms in total. The van der Waals surface area contributed by atoms with Gasteiger partial charge in [-0.1, -0.05) is 12.1 Å². The number of carboxylic acid groups (broad SMARTS) is 1. The summed E-state index contributed by atoms with van der Waals surface area (Å²) in [5.41, 5.74) is -0.587. The summed E-state index contributed by atoms with van der Waals surface area (Å²) >= 11 is 0. The quantitative estimate of drug-likeness (QED) is 0.878. The topological polar surface area (TPSA) is 69.6 Å². The van der Waals surface area contributed by atoms with Gasteiger partial charge in [0.1, 0.15) is 0 Å². The lowest BCUT2D eigenvalue weighted by Gasteiger charge is -2.38. The molecule has 0 amide bonds. The number of para-hydroxylation sites is 1. The Bertz CT molecular complexity index is 803. The third-order valence-electron chi connectivity index (χ3n) is 4.80. The van der Waals surface area contributed by atoms with E-state index in [0.717, 1.165) is 6.07 Å². The Morgan fingerprint density at radius 1 is 1.15 bits per heavy atom. The number of benzene rings is 1. The van der Waals surface area contributed by atoms with Crippen molar-refractivity contribution in [3.8, 4) is 0 Å². The van der Waals surface area contributed by atoms with Crippen molar-refractivity contribution in [2.24, 2.45) is 0 Å². The smallest absolute Gasteiger partial charge is 0.418 e. The second-order valence-corrected chi connectivity index (χ2v) is 6.43. The minimum absolute atomic E-state index is 0.0315. The number of hydrogen-bond donors (Lipinski definition) is 1. The van der Waals surface area contributed by atoms with Crippen molar-refractivity contribution >= 4 is 17.5 Å². The maximum atomic E-state index is 13.3. The summed E-state index contributed by atoms with van der Waals surface area (Å²) in [4.78, 5) is 14.5. The predicted octanol–water partition coefficient (Wildman–Crippen LogP) is 3.30. The number of anilines is 2. The molecule has 1 aliphatic rings. The Morgan fingerprint density at radius 2 is 1.81 bits per heavy atom. The van der Waals surface area contributed by atoms with Crippen LogP contribution in [-0.4, -0.2) is 47.5 Å². The van der Waals surface area contributed by atoms with Gasteiger partial charge in [-0.15, -0.1) is 10.2 Å². The summed E-state index contributed by atoms with van der Waals surface area (Å²) in [6.07, 6.45) is -3.08. The minimum Gasteiger partial charge on any atom is -0.476 e. The first kappa shape index (κ1) is 18.9. The van der Waals surface area contributed by atoms with Crippen LogP contribution in [0.5, 0.6) is 0 Å². The molecule has 1 aromatic carbocycles. The molecule has 1 N–H and O–H groups in total. The van der Waals surface area contributed by atoms with Crippen molar-refractivity contribution in [2.45, 2.75) is 25.1 Å². The van der Waals surface area contributed by atoms with Crippen LogP contribution >= 0.6 is 0 Å². The van der Waals surface area contributed by atoms with Gasteiger partial charge >= 0.3 is 12.1 Å². The predicted molar refractivity (Wildman–Crippen MR) is 94.1 cm³/mol. The zero-order valence-electron chi connectivity index (χ0n) is 14.6. The number of nitrogens with zero attached hydrogens (tertiary/aromatic N) is 4. The van der Waals surface area contributed by atoms with Gasteiger partial charge in [-0.05, 0) is 37.1 Å². The molecule has 1 aromatic heterocycles. The number of halogens is 3. The van der Waals surface area contributed by atoms with E-state index in [0.29, 0.717) is 31.7 Å². The van der Waals surface area contributed by atoms with Crippen LogP contribution in [0.4, 0.5) is 24.7 Å². The van der Waals surface area contributed by atoms with Gasteiger partial charge in [-0.25, -0.2) is 4.79 Å². The zero-order chi connectivity index (χ0) is 19.6. The first-order valence-electron chi connectivity index (χ1n) is 8.48. The average molecular weight is 380 g/mol. The summed E-state index contributed by atoms with van der Waals surface area (Å²) in [6, 6.07) is 8.54. The molecule has 9 heteroatoms. The van der Waals surface area contributed by atoms with E-state index < -0.39 is 17.7 Å². The molecule has 0 spiro atoms. The van der Waals surface area contributed by atoms with Crippen LogP contribution in [0.25, 0.3) is 0 Å². The molecule has 3 rings (SSSR count). The van der Waals surface area contributed by atoms with Gasteiger partial charge in [0.2, 0.25) is 0 Å². The van der Waals surface area contributed by atoms with Crippen molar-refractivity contribution in [1.82, 2.24) is 10.2 Å². The highest BCUT2D eigenvalue weighted by Crippen LogP contribution is 2.37. The average Bonchev–Trinajstić information content (AvgIpc) is 2.67. The summed E-state index contributed by atoms with van der Waals surface area (Å²) in [7, 11) is 1.69. The molecule has 0 unspecified atom stereocenters. The van der Waals surface area contributed by atoms with Crippen LogP contribution in [0.15, 0.2) is 36.4 Å². The zero-order valence-corrected chi connectivity index (χ0v) is 14.6. The Hall–Kier alpha value is -2.84. The van der Waals surface area contributed by atoms with Crippen molar-refractivity contribution in [2.75, 3.05) is 29.9 Å². The van der Waals surface area contributed by atoms with Gasteiger partial charge in [-0.2, -0.15) is 13.2 Å². The third-order valence-corrected chi connectivity index (χ3v) is 4.80. The van der Waals surface area contributed by atoms with Gasteiger partial charge in [0.05, 0.1) is 5.56 Å². The normalized spacial score (nSPS) is 15.6. The minimum atomic E-state index is -4.40. The second kappa shape index (κ2) is 7.42. The molecule has 0 aliphatic carbocycles. The highest BCUT2D eigenvalue weighted by atomic mass is 19.4. The van der Waals surface area contributed by atoms with Crippen LogP contribution in [0.2, 0.25) is 0 Å². The number of hydrogen-bond acceptors (Lipinski definition) is 5. The van der Waals surface area contributed by atoms with Crippen molar-refractivity contribution in [3.05, 3.63) is 47.7 Å². The standard InChI is InChI=1S/C18H19F3N4O2/c1-24(15-5-3-2-4-13(15)18(19,20)21)12-8-10-25(11-9-12)16-7-6-14(17(26)27)22-23-16/h2-7,12H,8-11H2,1H3,(H,26,27). The van der Waals surface area contributed by atoms with Gasteiger partial charge < -0.3 is 14.9 Å². The van der Waals surface area contributed by atoms with E-state index >= 15 is 0 Å². The summed E-state index contributed by atoms with van der Waals surface area (Å²) in [5.74, 6) is -0.575. The Labute approximate surface area is 154 Å². The highest BCUT2D eigenvalue weighted by Gasteiger charge is 2.35. The lowest BCUT2D eigenvalue weighted by atomic mass is 10.0. The summed E-state index contributed by atoms with van der Waals surface area (Å²) < 4.78 is 39.8. The largest absolute Gasteiger partial charge is 0.476 e. The summed E-state index contributed by atoms with van der Waals surface area (Å²) in [5, 5.41) is 16.5. The molecule has 1 saturated heterocycles. The first-order chi connectivity index (χ1) is 12.8. The van der Waals surface area contributed by atoms with E-state index in [-0.39, 0.29) is 17.4 Å². The van der Waals surface area contributed by atoms with Crippen molar-refractivity contribution in [3.63, 3.8) is 0 Å². The van der Waals surface area contributed by atoms with Crippen LogP contribution in [0.3, 0.4) is 0 Å². The summed E-state index contributed by atoms with van der Waals surface area (Å²) in [6.45, 7) is 1.20. The fourth-order valence-corrected chi connectivity index (χ4v) is 3.31. The molecule has 1 aliphatic heterocycles. The number of piperidine rings is 1. The van der Waals surface area contributed by atoms with E-state index in [1.54, 1.807) is 24.1 Å². The maximum absolute atomic E-state index is 13.3. The number of carboxylic acids is 1. The molecule has 0 saturated carbocycles. The third kappa shape index (κ3) is 4.12. The number of aromatic carboxylic acids is 1. The van der Waals surface area contributed by atoms with Crippen LogP contribution in [0, 0.1) is 0 Å². The molecule has 1 fully saturated rings. The molecule has 27 heavy (non-hydrogen) atoms. The molecule has 0 atom stereocenters. The van der Waals surface area contributed by atoms with E-state index in [1.807, 2.05) is 4.90 Å². The van der Waals surface area contributed by atoms with Crippen molar-refractivity contribution in [1.29, 1.82) is 0 Å². The number of aromatic nitrogens is 2. The monoisotopic (exact) mass is 380 g/mol. The Kier molecular flexibility index (Phi) is 5.20. The van der Waals surface area contributed by atoms with Crippen LogP contribution in [0.1, 0.15) is 28.9 Å². The second-order valence-electron chi connectivity index (χ2n) is 6.43. The van der Waals surface area contributed by atoms with E-state index in [2.05, 4.69) is 10.2 Å². The molecule has 2 aromatic rings. The van der Waals surface area contributed by atoms with E-state index in [4.69, 9.17) is 5.11 Å². The van der Waals surface area contributed by atoms with Gasteiger partial charge in [-0.3, -0.25) is 0 Å². The Balaban J connectivity index is 1.68. The fraction of sp³-hybridized carbons (Fsp3) is 0.389. The van der Waals surface area contributed by atoms with E-state index in [1.165, 1.54) is 18.2 Å². The molecule has 144 valence electrons. The first-order valence-corrected chi connectivity index (χ1v) is 8.48. The lowest BCUT2D eigenvalue weighted by molar-refractivity contribution is -0.137. The van der Waals surface area contributed by atoms with Gasteiger partial charge in [0.15, 0.2) is 11.5 Å². The SMILES string of the molecule is CN(c1ccccc1C(F)(F)F)C1CCN(c2ccc(C(=O)O)nn2)CC1. The lowest BCUT2D eigenvalue weighted by Crippen LogP contribution is -2.44. The van der Waals surface area contributed by atoms with Crippen LogP contribution < -0.4 is 9.80 Å². The molecule has 2 heterocycles. The number of rotatable bonds is 4. The fourth-order valence-electron chi connectivity index (χ4n) is 3.31. The Morgan fingerprint density at radius 3 is 2.37 bits per heavy atom. The number of carbonyl (C=O) groups is 1. The van der Waals surface area contributed by atoms with Crippen molar-refractivity contribution < 1.29 is 23.1 Å². The highest BCUT2D eigenvalue weighted by molar-refractivity contribution is 5.85. The molecule has 0 radical (unpaired) electrons. The van der Waals surface area contributed by atoms with E-state index in [9.17, 15) is 18.0 Å². The molecular formula is C18H19F3N4O2. The number of alkyl halides is 3. The molecule has 0 bridgehead atoms.